The maximum absolute atomic E-state index is 12.3. The van der Waals surface area contributed by atoms with Crippen molar-refractivity contribution in [2.75, 3.05) is 19.6 Å². The minimum Gasteiger partial charge on any atom is -0.316 e. The van der Waals surface area contributed by atoms with E-state index in [2.05, 4.69) is 10.0 Å². The highest BCUT2D eigenvalue weighted by Crippen LogP contribution is 2.22. The number of benzene rings is 2. The van der Waals surface area contributed by atoms with Gasteiger partial charge in [-0.2, -0.15) is 0 Å². The van der Waals surface area contributed by atoms with E-state index in [0.29, 0.717) is 18.0 Å². The van der Waals surface area contributed by atoms with E-state index < -0.39 is 10.0 Å². The third kappa shape index (κ3) is 3.93. The first kappa shape index (κ1) is 16.9. The number of halogens is 1. The standard InChI is InChI=1S/C14H18N2O2S.ClH/c1-2-15-10-11-16-19(17,18)14-9-5-7-12-6-3-4-8-13(12)14;/h3-9,15-16H,2,10-11H2,1H3;1H. The highest BCUT2D eigenvalue weighted by molar-refractivity contribution is 7.89. The number of nitrogens with one attached hydrogen (secondary N) is 2. The van der Waals surface area contributed by atoms with Crippen molar-refractivity contribution in [3.05, 3.63) is 42.5 Å². The molecule has 2 N–H and O–H groups in total. The van der Waals surface area contributed by atoms with E-state index in [1.807, 2.05) is 37.3 Å². The van der Waals surface area contributed by atoms with Crippen LogP contribution < -0.4 is 10.0 Å². The summed E-state index contributed by atoms with van der Waals surface area (Å²) in [5.41, 5.74) is 0. The molecule has 0 amide bonds. The van der Waals surface area contributed by atoms with E-state index in [4.69, 9.17) is 0 Å². The Hall–Kier alpha value is -1.14. The van der Waals surface area contributed by atoms with Gasteiger partial charge in [-0.3, -0.25) is 0 Å². The number of hydrogen-bond acceptors (Lipinski definition) is 3. The Bertz CT molecular complexity index is 654. The van der Waals surface area contributed by atoms with Crippen molar-refractivity contribution < 1.29 is 8.42 Å². The summed E-state index contributed by atoms with van der Waals surface area (Å²) in [6.45, 7) is 3.83. The van der Waals surface area contributed by atoms with Crippen molar-refractivity contribution in [3.63, 3.8) is 0 Å². The SMILES string of the molecule is CCNCCNS(=O)(=O)c1cccc2ccccc12.Cl. The topological polar surface area (TPSA) is 58.2 Å². The summed E-state index contributed by atoms with van der Waals surface area (Å²) >= 11 is 0. The largest absolute Gasteiger partial charge is 0.316 e. The Kier molecular flexibility index (Phi) is 6.42. The lowest BCUT2D eigenvalue weighted by molar-refractivity contribution is 0.578. The summed E-state index contributed by atoms with van der Waals surface area (Å²) in [6.07, 6.45) is 0. The average molecular weight is 315 g/mol. The van der Waals surface area contributed by atoms with Gasteiger partial charge >= 0.3 is 0 Å². The lowest BCUT2D eigenvalue weighted by Gasteiger charge is -2.09. The van der Waals surface area contributed by atoms with Gasteiger partial charge in [0.15, 0.2) is 0 Å². The van der Waals surface area contributed by atoms with Gasteiger partial charge in [0.25, 0.3) is 0 Å². The predicted octanol–water partition coefficient (Wildman–Crippen LogP) is 2.15. The molecule has 4 nitrogen and oxygen atoms in total. The van der Waals surface area contributed by atoms with E-state index in [1.165, 1.54) is 0 Å². The maximum Gasteiger partial charge on any atom is 0.241 e. The molecule has 0 aliphatic carbocycles. The van der Waals surface area contributed by atoms with Gasteiger partial charge in [0.05, 0.1) is 4.90 Å². The molecular formula is C14H19ClN2O2S. The third-order valence-electron chi connectivity index (χ3n) is 2.88. The fourth-order valence-electron chi connectivity index (χ4n) is 1.96. The fraction of sp³-hybridized carbons (Fsp3) is 0.286. The average Bonchev–Trinajstić information content (AvgIpc) is 2.43. The van der Waals surface area contributed by atoms with Gasteiger partial charge in [-0.15, -0.1) is 12.4 Å². The lowest BCUT2D eigenvalue weighted by atomic mass is 10.1. The molecule has 2 aromatic carbocycles. The second-order valence-electron chi connectivity index (χ2n) is 4.23. The Labute approximate surface area is 126 Å². The Morgan fingerprint density at radius 1 is 1.00 bits per heavy atom. The zero-order chi connectivity index (χ0) is 13.7. The monoisotopic (exact) mass is 314 g/mol. The second-order valence-corrected chi connectivity index (χ2v) is 5.96. The van der Waals surface area contributed by atoms with Gasteiger partial charge in [-0.25, -0.2) is 13.1 Å². The van der Waals surface area contributed by atoms with Crippen LogP contribution in [-0.2, 0) is 10.0 Å². The minimum absolute atomic E-state index is 0. The van der Waals surface area contributed by atoms with Crippen LogP contribution in [0.5, 0.6) is 0 Å². The van der Waals surface area contributed by atoms with E-state index in [9.17, 15) is 8.42 Å². The molecule has 0 atom stereocenters. The molecule has 6 heteroatoms. The van der Waals surface area contributed by atoms with Gasteiger partial charge < -0.3 is 5.32 Å². The molecule has 2 aromatic rings. The first-order valence-corrected chi connectivity index (χ1v) is 7.81. The number of fused-ring (bicyclic) bond motifs is 1. The van der Waals surface area contributed by atoms with Crippen molar-refractivity contribution >= 4 is 33.2 Å². The van der Waals surface area contributed by atoms with E-state index in [-0.39, 0.29) is 12.4 Å². The highest BCUT2D eigenvalue weighted by atomic mass is 35.5. The van der Waals surface area contributed by atoms with Crippen LogP contribution in [0.3, 0.4) is 0 Å². The molecule has 0 heterocycles. The quantitative estimate of drug-likeness (QED) is 0.803. The zero-order valence-corrected chi connectivity index (χ0v) is 12.9. The molecule has 110 valence electrons. The van der Waals surface area contributed by atoms with E-state index in [0.717, 1.165) is 17.3 Å². The smallest absolute Gasteiger partial charge is 0.241 e. The van der Waals surface area contributed by atoms with Crippen molar-refractivity contribution in [3.8, 4) is 0 Å². The summed E-state index contributed by atoms with van der Waals surface area (Å²) in [5.74, 6) is 0. The number of rotatable bonds is 6. The zero-order valence-electron chi connectivity index (χ0n) is 11.3. The summed E-state index contributed by atoms with van der Waals surface area (Å²) in [4.78, 5) is 0.335. The van der Waals surface area contributed by atoms with Gasteiger partial charge in [0.2, 0.25) is 10.0 Å². The van der Waals surface area contributed by atoms with Gasteiger partial charge in [-0.1, -0.05) is 43.3 Å². The third-order valence-corrected chi connectivity index (χ3v) is 4.40. The molecule has 20 heavy (non-hydrogen) atoms. The molecule has 0 saturated heterocycles. The summed E-state index contributed by atoms with van der Waals surface area (Å²) in [7, 11) is -3.46. The van der Waals surface area contributed by atoms with Crippen LogP contribution in [0.4, 0.5) is 0 Å². The summed E-state index contributed by atoms with van der Waals surface area (Å²) < 4.78 is 27.2. The molecule has 0 aliphatic rings. The molecule has 0 spiro atoms. The number of hydrogen-bond donors (Lipinski definition) is 2. The van der Waals surface area contributed by atoms with Crippen molar-refractivity contribution in [1.82, 2.24) is 10.0 Å². The molecular weight excluding hydrogens is 296 g/mol. The normalized spacial score (nSPS) is 11.2. The molecule has 0 radical (unpaired) electrons. The maximum atomic E-state index is 12.3. The van der Waals surface area contributed by atoms with E-state index in [1.54, 1.807) is 12.1 Å². The van der Waals surface area contributed by atoms with Crippen LogP contribution in [0.15, 0.2) is 47.4 Å². The molecule has 2 rings (SSSR count). The summed E-state index contributed by atoms with van der Waals surface area (Å²) in [6, 6.07) is 12.8. The van der Waals surface area contributed by atoms with Gasteiger partial charge in [0, 0.05) is 18.5 Å². The lowest BCUT2D eigenvalue weighted by Crippen LogP contribution is -2.31. The van der Waals surface area contributed by atoms with Crippen LogP contribution in [0.1, 0.15) is 6.92 Å². The van der Waals surface area contributed by atoms with Crippen molar-refractivity contribution in [2.45, 2.75) is 11.8 Å². The first-order valence-electron chi connectivity index (χ1n) is 6.33. The van der Waals surface area contributed by atoms with Crippen LogP contribution in [0, 0.1) is 0 Å². The molecule has 0 fully saturated rings. The van der Waals surface area contributed by atoms with Crippen LogP contribution >= 0.6 is 12.4 Å². The molecule has 0 saturated carbocycles. The Morgan fingerprint density at radius 3 is 2.45 bits per heavy atom. The minimum atomic E-state index is -3.46. The fourth-order valence-corrected chi connectivity index (χ4v) is 3.22. The molecule has 0 bridgehead atoms. The van der Waals surface area contributed by atoms with Crippen LogP contribution in [0.2, 0.25) is 0 Å². The Morgan fingerprint density at radius 2 is 1.70 bits per heavy atom. The molecule has 0 aliphatic heterocycles. The molecule has 0 unspecified atom stereocenters. The number of likely N-dealkylation sites (N-methyl/N-ethyl adjacent to an activating group) is 1. The first-order chi connectivity index (χ1) is 9.15. The number of sulfonamides is 1. The van der Waals surface area contributed by atoms with Crippen LogP contribution in [-0.4, -0.2) is 28.1 Å². The van der Waals surface area contributed by atoms with Crippen molar-refractivity contribution in [1.29, 1.82) is 0 Å². The van der Waals surface area contributed by atoms with Gasteiger partial charge in [0.1, 0.15) is 0 Å². The predicted molar refractivity (Wildman–Crippen MR) is 84.9 cm³/mol. The van der Waals surface area contributed by atoms with Crippen LogP contribution in [0.25, 0.3) is 10.8 Å². The molecule has 0 aromatic heterocycles. The van der Waals surface area contributed by atoms with Gasteiger partial charge in [-0.05, 0) is 18.0 Å². The highest BCUT2D eigenvalue weighted by Gasteiger charge is 2.15. The second kappa shape index (κ2) is 7.59. The summed E-state index contributed by atoms with van der Waals surface area (Å²) in [5, 5.41) is 4.76. The Balaban J connectivity index is 0.00000200. The van der Waals surface area contributed by atoms with Crippen molar-refractivity contribution in [2.24, 2.45) is 0 Å². The van der Waals surface area contributed by atoms with E-state index >= 15 is 0 Å².